The summed E-state index contributed by atoms with van der Waals surface area (Å²) in [6, 6.07) is 23.9. The lowest BCUT2D eigenvalue weighted by atomic mass is 10.0. The lowest BCUT2D eigenvalue weighted by Gasteiger charge is -2.12. The van der Waals surface area contributed by atoms with Crippen LogP contribution in [0.5, 0.6) is 0 Å². The zero-order valence-electron chi connectivity index (χ0n) is 18.8. The topological polar surface area (TPSA) is 104 Å². The lowest BCUT2D eigenvalue weighted by molar-refractivity contribution is 0.0992. The molecule has 3 aromatic carbocycles. The molecule has 0 aliphatic heterocycles. The van der Waals surface area contributed by atoms with Crippen LogP contribution in [0.25, 0.3) is 44.6 Å². The minimum atomic E-state index is -0.365. The van der Waals surface area contributed by atoms with Crippen LogP contribution in [0, 0.1) is 0 Å². The van der Waals surface area contributed by atoms with Crippen molar-refractivity contribution < 1.29 is 4.79 Å². The Morgan fingerprint density at radius 1 is 0.861 bits per heavy atom. The number of carbonyl (C=O) groups is 1. The highest BCUT2D eigenvalue weighted by Crippen LogP contribution is 2.34. The Morgan fingerprint density at radius 2 is 1.58 bits per heavy atom. The van der Waals surface area contributed by atoms with Gasteiger partial charge in [0.25, 0.3) is 5.56 Å². The third-order valence-corrected chi connectivity index (χ3v) is 6.32. The number of fused-ring (bicyclic) bond motifs is 2. The molecule has 0 spiro atoms. The smallest absolute Gasteiger partial charge is 0.253 e. The zero-order valence-corrected chi connectivity index (χ0v) is 19.6. The van der Waals surface area contributed by atoms with E-state index in [2.05, 4.69) is 15.2 Å². The summed E-state index contributed by atoms with van der Waals surface area (Å²) < 4.78 is 0. The number of nitrogens with zero attached hydrogens (tertiary/aromatic N) is 3. The van der Waals surface area contributed by atoms with Gasteiger partial charge in [0.05, 0.1) is 28.1 Å². The molecule has 174 valence electrons. The van der Waals surface area contributed by atoms with Crippen molar-refractivity contribution in [3.63, 3.8) is 0 Å². The van der Waals surface area contributed by atoms with Crippen LogP contribution < -0.4 is 5.56 Å². The van der Waals surface area contributed by atoms with Gasteiger partial charge in [-0.05, 0) is 18.2 Å². The molecule has 0 amide bonds. The summed E-state index contributed by atoms with van der Waals surface area (Å²) >= 11 is 6.53. The predicted octanol–water partition coefficient (Wildman–Crippen LogP) is 5.61. The summed E-state index contributed by atoms with van der Waals surface area (Å²) in [5.74, 6) is -0.147. The van der Waals surface area contributed by atoms with Crippen molar-refractivity contribution in [2.24, 2.45) is 0 Å². The molecular weight excluding hydrogens is 474 g/mol. The monoisotopic (exact) mass is 491 g/mol. The lowest BCUT2D eigenvalue weighted by Crippen LogP contribution is -2.17. The van der Waals surface area contributed by atoms with E-state index in [-0.39, 0.29) is 17.8 Å². The van der Waals surface area contributed by atoms with Gasteiger partial charge in [0.1, 0.15) is 5.52 Å². The number of aromatic nitrogens is 5. The average molecular weight is 492 g/mol. The van der Waals surface area contributed by atoms with Gasteiger partial charge in [0.15, 0.2) is 11.4 Å². The van der Waals surface area contributed by atoms with Gasteiger partial charge in [-0.3, -0.25) is 14.7 Å². The van der Waals surface area contributed by atoms with Crippen molar-refractivity contribution in [1.29, 1.82) is 0 Å². The van der Waals surface area contributed by atoms with Crippen LogP contribution in [0.4, 0.5) is 0 Å². The first-order chi connectivity index (χ1) is 17.6. The number of Topliss-reactive ketones (excluding diaryl/α,β-unsaturated/α-hetero) is 1. The van der Waals surface area contributed by atoms with E-state index in [9.17, 15) is 9.59 Å². The molecule has 0 bridgehead atoms. The van der Waals surface area contributed by atoms with E-state index in [1.54, 1.807) is 36.5 Å². The van der Waals surface area contributed by atoms with Gasteiger partial charge in [-0.1, -0.05) is 72.3 Å². The fourth-order valence-corrected chi connectivity index (χ4v) is 4.51. The minimum Gasteiger partial charge on any atom is -0.305 e. The first-order valence-corrected chi connectivity index (χ1v) is 11.7. The third kappa shape index (κ3) is 3.95. The van der Waals surface area contributed by atoms with Gasteiger partial charge >= 0.3 is 0 Å². The molecule has 0 atom stereocenters. The third-order valence-electron chi connectivity index (χ3n) is 6.03. The maximum absolute atomic E-state index is 12.9. The first kappa shape index (κ1) is 21.9. The molecule has 3 heterocycles. The highest BCUT2D eigenvalue weighted by atomic mass is 35.5. The number of aromatic amines is 2. The molecule has 7 nitrogen and oxygen atoms in total. The Kier molecular flexibility index (Phi) is 5.39. The summed E-state index contributed by atoms with van der Waals surface area (Å²) in [6.45, 7) is 0. The SMILES string of the molecule is O=C(Cc1cc2nc(-c3cc(Cl)c4[nH]ncc4c3)c(-c3ccccc3)nc2[nH]c1=O)c1ccccc1. The molecular formula is C28H18ClN5O2. The minimum absolute atomic E-state index is 0.0421. The number of halogens is 1. The van der Waals surface area contributed by atoms with Gasteiger partial charge in [-0.2, -0.15) is 5.10 Å². The second-order valence-corrected chi connectivity index (χ2v) is 8.81. The number of carbonyl (C=O) groups excluding carboxylic acids is 1. The Bertz CT molecular complexity index is 1810. The quantitative estimate of drug-likeness (QED) is 0.305. The molecule has 2 N–H and O–H groups in total. The van der Waals surface area contributed by atoms with Gasteiger partial charge < -0.3 is 4.98 Å². The van der Waals surface area contributed by atoms with Crippen molar-refractivity contribution in [2.45, 2.75) is 6.42 Å². The van der Waals surface area contributed by atoms with Crippen LogP contribution in [0.2, 0.25) is 5.02 Å². The first-order valence-electron chi connectivity index (χ1n) is 11.3. The molecule has 6 aromatic rings. The number of nitrogens with one attached hydrogen (secondary N) is 2. The fraction of sp³-hybridized carbons (Fsp3) is 0.0357. The number of H-pyrrole nitrogens is 2. The molecule has 0 saturated carbocycles. The summed E-state index contributed by atoms with van der Waals surface area (Å²) in [5, 5.41) is 8.33. The van der Waals surface area contributed by atoms with Crippen molar-refractivity contribution in [1.82, 2.24) is 25.1 Å². The van der Waals surface area contributed by atoms with Gasteiger partial charge in [0, 0.05) is 34.1 Å². The second kappa shape index (κ2) is 8.87. The van der Waals surface area contributed by atoms with Crippen LogP contribution in [-0.4, -0.2) is 30.9 Å². The van der Waals surface area contributed by atoms with E-state index in [4.69, 9.17) is 21.6 Å². The molecule has 3 aromatic heterocycles. The Hall–Kier alpha value is -4.62. The standard InChI is InChI=1S/C28H18ClN5O2/c29-21-12-18(11-20-15-30-34-24(20)21)26-25(17-9-5-2-6-10-17)32-27-22(31-26)13-19(28(36)33-27)14-23(35)16-7-3-1-4-8-16/h1-13,15H,14H2,(H,30,34)(H,32,33,36). The van der Waals surface area contributed by atoms with E-state index in [0.29, 0.717) is 38.7 Å². The number of hydrogen-bond donors (Lipinski definition) is 2. The highest BCUT2D eigenvalue weighted by Gasteiger charge is 2.18. The normalized spacial score (nSPS) is 11.2. The van der Waals surface area contributed by atoms with Crippen LogP contribution in [0.1, 0.15) is 15.9 Å². The molecule has 0 unspecified atom stereocenters. The van der Waals surface area contributed by atoms with E-state index >= 15 is 0 Å². The summed E-state index contributed by atoms with van der Waals surface area (Å²) in [7, 11) is 0. The van der Waals surface area contributed by atoms with Crippen molar-refractivity contribution >= 4 is 39.5 Å². The predicted molar refractivity (Wildman–Crippen MR) is 140 cm³/mol. The molecule has 0 aliphatic rings. The summed E-state index contributed by atoms with van der Waals surface area (Å²) in [5.41, 5.74) is 4.87. The number of rotatable bonds is 5. The van der Waals surface area contributed by atoms with Gasteiger partial charge in [-0.25, -0.2) is 9.97 Å². The molecule has 8 heteroatoms. The highest BCUT2D eigenvalue weighted by molar-refractivity contribution is 6.35. The Balaban J connectivity index is 1.53. The molecule has 0 fully saturated rings. The second-order valence-electron chi connectivity index (χ2n) is 8.40. The van der Waals surface area contributed by atoms with Crippen molar-refractivity contribution in [2.75, 3.05) is 0 Å². The molecule has 36 heavy (non-hydrogen) atoms. The van der Waals surface area contributed by atoms with Crippen LogP contribution in [-0.2, 0) is 6.42 Å². The number of ketones is 1. The van der Waals surface area contributed by atoms with Gasteiger partial charge in [-0.15, -0.1) is 0 Å². The van der Waals surface area contributed by atoms with E-state index in [1.807, 2.05) is 48.5 Å². The van der Waals surface area contributed by atoms with Crippen LogP contribution in [0.3, 0.4) is 0 Å². The fourth-order valence-electron chi connectivity index (χ4n) is 4.24. The summed E-state index contributed by atoms with van der Waals surface area (Å²) in [6.07, 6.45) is 1.66. The Morgan fingerprint density at radius 3 is 2.36 bits per heavy atom. The average Bonchev–Trinajstić information content (AvgIpc) is 3.39. The Labute approximate surface area is 209 Å². The largest absolute Gasteiger partial charge is 0.305 e. The molecule has 0 aliphatic carbocycles. The maximum atomic E-state index is 12.9. The number of benzene rings is 3. The van der Waals surface area contributed by atoms with Gasteiger partial charge in [0.2, 0.25) is 0 Å². The number of pyridine rings is 1. The van der Waals surface area contributed by atoms with E-state index in [1.165, 1.54) is 0 Å². The number of hydrogen-bond acceptors (Lipinski definition) is 5. The molecule has 0 radical (unpaired) electrons. The van der Waals surface area contributed by atoms with Crippen LogP contribution >= 0.6 is 11.6 Å². The van der Waals surface area contributed by atoms with Crippen molar-refractivity contribution in [3.8, 4) is 22.5 Å². The maximum Gasteiger partial charge on any atom is 0.253 e. The van der Waals surface area contributed by atoms with E-state index in [0.717, 1.165) is 22.0 Å². The molecule has 0 saturated heterocycles. The molecule has 6 rings (SSSR count). The summed E-state index contributed by atoms with van der Waals surface area (Å²) in [4.78, 5) is 38.1. The van der Waals surface area contributed by atoms with E-state index < -0.39 is 0 Å². The van der Waals surface area contributed by atoms with Crippen molar-refractivity contribution in [3.05, 3.63) is 112 Å². The zero-order chi connectivity index (χ0) is 24.6. The van der Waals surface area contributed by atoms with Crippen LogP contribution in [0.15, 0.2) is 89.9 Å².